The van der Waals surface area contributed by atoms with Crippen LogP contribution in [0.25, 0.3) is 12.2 Å². The lowest BCUT2D eigenvalue weighted by molar-refractivity contribution is -0.712. The Bertz CT molecular complexity index is 539. The third kappa shape index (κ3) is 3.57. The molecule has 0 aliphatic rings. The first-order chi connectivity index (χ1) is 9.85. The van der Waals surface area contributed by atoms with Crippen LogP contribution in [0.15, 0.2) is 50.1 Å². The molecule has 4 nitrogen and oxygen atoms in total. The summed E-state index contributed by atoms with van der Waals surface area (Å²) in [7, 11) is 0. The molecule has 0 bridgehead atoms. The second-order valence-electron chi connectivity index (χ2n) is 4.46. The molecule has 102 valence electrons. The monoisotopic (exact) mass is 268 g/mol. The van der Waals surface area contributed by atoms with Gasteiger partial charge >= 0.3 is 11.6 Å². The average Bonchev–Trinajstić information content (AvgIpc) is 2.52. The molecule has 20 heavy (non-hydrogen) atoms. The standard InChI is InChI=1S/C16H20N4/c1-3-15-17-9-7-13-19(15)11-5-6-12-20-14-8-10-18-16(20)4-2/h3-4,7-10,13-14H,1-2,5-6,11-12H2/q+2. The summed E-state index contributed by atoms with van der Waals surface area (Å²) in [4.78, 5) is 8.56. The van der Waals surface area contributed by atoms with Crippen molar-refractivity contribution in [1.82, 2.24) is 9.97 Å². The van der Waals surface area contributed by atoms with E-state index < -0.39 is 0 Å². The van der Waals surface area contributed by atoms with Gasteiger partial charge in [0, 0.05) is 24.3 Å². The van der Waals surface area contributed by atoms with Gasteiger partial charge in [-0.25, -0.2) is 9.13 Å². The van der Waals surface area contributed by atoms with E-state index in [1.807, 2.05) is 24.5 Å². The molecule has 2 heterocycles. The Balaban J connectivity index is 1.87. The van der Waals surface area contributed by atoms with Gasteiger partial charge in [-0.15, -0.1) is 0 Å². The van der Waals surface area contributed by atoms with Gasteiger partial charge in [0.05, 0.1) is 25.5 Å². The minimum absolute atomic E-state index is 0.910. The van der Waals surface area contributed by atoms with Crippen molar-refractivity contribution in [3.63, 3.8) is 0 Å². The van der Waals surface area contributed by atoms with Gasteiger partial charge < -0.3 is 0 Å². The highest BCUT2D eigenvalue weighted by molar-refractivity contribution is 5.31. The van der Waals surface area contributed by atoms with Crippen molar-refractivity contribution < 1.29 is 9.13 Å². The summed E-state index contributed by atoms with van der Waals surface area (Å²) in [6.07, 6.45) is 13.4. The summed E-state index contributed by atoms with van der Waals surface area (Å²) in [5.74, 6) is 1.82. The normalized spacial score (nSPS) is 10.2. The van der Waals surface area contributed by atoms with E-state index in [1.54, 1.807) is 24.5 Å². The van der Waals surface area contributed by atoms with E-state index in [4.69, 9.17) is 0 Å². The highest BCUT2D eigenvalue weighted by Crippen LogP contribution is 1.95. The second-order valence-corrected chi connectivity index (χ2v) is 4.46. The number of aromatic nitrogens is 4. The van der Waals surface area contributed by atoms with Crippen molar-refractivity contribution in [3.05, 3.63) is 61.7 Å². The molecule has 0 aromatic carbocycles. The summed E-state index contributed by atoms with van der Waals surface area (Å²) < 4.78 is 4.24. The van der Waals surface area contributed by atoms with Crippen LogP contribution < -0.4 is 9.13 Å². The quantitative estimate of drug-likeness (QED) is 0.567. The summed E-state index contributed by atoms with van der Waals surface area (Å²) in [6.45, 7) is 9.45. The van der Waals surface area contributed by atoms with Crippen LogP contribution in [-0.2, 0) is 13.1 Å². The molecule has 0 unspecified atom stereocenters. The Labute approximate surface area is 119 Å². The minimum atomic E-state index is 0.910. The molecule has 2 aromatic rings. The zero-order valence-electron chi connectivity index (χ0n) is 11.7. The fraction of sp³-hybridized carbons (Fsp3) is 0.250. The predicted octanol–water partition coefficient (Wildman–Crippen LogP) is 1.82. The van der Waals surface area contributed by atoms with Gasteiger partial charge in [0.15, 0.2) is 0 Å². The fourth-order valence-electron chi connectivity index (χ4n) is 2.11. The first-order valence-electron chi connectivity index (χ1n) is 6.79. The number of hydrogen-bond acceptors (Lipinski definition) is 2. The zero-order chi connectivity index (χ0) is 14.2. The fourth-order valence-corrected chi connectivity index (χ4v) is 2.11. The van der Waals surface area contributed by atoms with Crippen molar-refractivity contribution >= 4 is 12.2 Å². The lowest BCUT2D eigenvalue weighted by atomic mass is 10.3. The van der Waals surface area contributed by atoms with Gasteiger partial charge in [0.1, 0.15) is 12.4 Å². The number of rotatable bonds is 7. The first-order valence-corrected chi connectivity index (χ1v) is 6.79. The Morgan fingerprint density at radius 2 is 1.30 bits per heavy atom. The Kier molecular flexibility index (Phi) is 5.12. The van der Waals surface area contributed by atoms with Crippen molar-refractivity contribution in [1.29, 1.82) is 0 Å². The molecule has 0 amide bonds. The lowest BCUT2D eigenvalue weighted by Gasteiger charge is -2.03. The van der Waals surface area contributed by atoms with Crippen LogP contribution in [0.2, 0.25) is 0 Å². The number of unbranched alkanes of at least 4 members (excludes halogenated alkanes) is 1. The molecule has 2 aromatic heterocycles. The molecule has 0 aliphatic heterocycles. The zero-order valence-corrected chi connectivity index (χ0v) is 11.7. The van der Waals surface area contributed by atoms with E-state index in [9.17, 15) is 0 Å². The number of aryl methyl sites for hydroxylation is 2. The summed E-state index contributed by atoms with van der Waals surface area (Å²) in [5, 5.41) is 0. The van der Waals surface area contributed by atoms with Crippen LogP contribution in [0.3, 0.4) is 0 Å². The van der Waals surface area contributed by atoms with E-state index in [0.717, 1.165) is 37.6 Å². The smallest absolute Gasteiger partial charge is 0.231 e. The van der Waals surface area contributed by atoms with E-state index in [-0.39, 0.29) is 0 Å². The Morgan fingerprint density at radius 3 is 1.70 bits per heavy atom. The Hall–Kier alpha value is -2.36. The molecule has 0 atom stereocenters. The molecule has 0 fully saturated rings. The maximum Gasteiger partial charge on any atom is 0.322 e. The van der Waals surface area contributed by atoms with Crippen LogP contribution in [0.1, 0.15) is 24.5 Å². The highest BCUT2D eigenvalue weighted by Gasteiger charge is 2.08. The largest absolute Gasteiger partial charge is 0.322 e. The van der Waals surface area contributed by atoms with Crippen LogP contribution in [0.4, 0.5) is 0 Å². The van der Waals surface area contributed by atoms with Gasteiger partial charge in [-0.2, -0.15) is 0 Å². The molecular formula is C16H20N4+2. The molecule has 0 saturated carbocycles. The molecule has 0 saturated heterocycles. The third-order valence-corrected chi connectivity index (χ3v) is 3.12. The van der Waals surface area contributed by atoms with Crippen LogP contribution >= 0.6 is 0 Å². The molecule has 0 aliphatic carbocycles. The van der Waals surface area contributed by atoms with Crippen LogP contribution in [-0.4, -0.2) is 9.97 Å². The van der Waals surface area contributed by atoms with Gasteiger partial charge in [-0.05, 0) is 22.8 Å². The molecule has 0 N–H and O–H groups in total. The summed E-state index contributed by atoms with van der Waals surface area (Å²) in [6, 6.07) is 3.89. The maximum atomic E-state index is 4.28. The topological polar surface area (TPSA) is 33.5 Å². The molecule has 0 spiro atoms. The van der Waals surface area contributed by atoms with E-state index in [2.05, 4.69) is 32.3 Å². The Morgan fingerprint density at radius 1 is 0.850 bits per heavy atom. The highest BCUT2D eigenvalue weighted by atomic mass is 15.0. The van der Waals surface area contributed by atoms with Crippen LogP contribution in [0, 0.1) is 0 Å². The van der Waals surface area contributed by atoms with E-state index in [0.29, 0.717) is 0 Å². The van der Waals surface area contributed by atoms with E-state index in [1.165, 1.54) is 0 Å². The number of nitrogens with zero attached hydrogens (tertiary/aromatic N) is 4. The van der Waals surface area contributed by atoms with E-state index >= 15 is 0 Å². The first kappa shape index (κ1) is 14.1. The molecule has 0 radical (unpaired) electrons. The summed E-state index contributed by atoms with van der Waals surface area (Å²) >= 11 is 0. The SMILES string of the molecule is C=Cc1nccc[n+]1CCCC[n+]1cccnc1C=C. The van der Waals surface area contributed by atoms with Gasteiger partial charge in [-0.1, -0.05) is 13.2 Å². The van der Waals surface area contributed by atoms with Crippen LogP contribution in [0.5, 0.6) is 0 Å². The van der Waals surface area contributed by atoms with Crippen molar-refractivity contribution in [2.75, 3.05) is 0 Å². The van der Waals surface area contributed by atoms with Gasteiger partial charge in [0.2, 0.25) is 0 Å². The van der Waals surface area contributed by atoms with Crippen molar-refractivity contribution in [3.8, 4) is 0 Å². The average molecular weight is 268 g/mol. The summed E-state index contributed by atoms with van der Waals surface area (Å²) in [5.41, 5.74) is 0. The van der Waals surface area contributed by atoms with Gasteiger partial charge in [0.25, 0.3) is 0 Å². The predicted molar refractivity (Wildman–Crippen MR) is 78.3 cm³/mol. The minimum Gasteiger partial charge on any atom is -0.231 e. The lowest BCUT2D eigenvalue weighted by Crippen LogP contribution is -2.40. The third-order valence-electron chi connectivity index (χ3n) is 3.12. The molecule has 4 heteroatoms. The van der Waals surface area contributed by atoms with Gasteiger partial charge in [-0.3, -0.25) is 0 Å². The second kappa shape index (κ2) is 7.28. The maximum absolute atomic E-state index is 4.28. The number of hydrogen-bond donors (Lipinski definition) is 0. The van der Waals surface area contributed by atoms with Crippen molar-refractivity contribution in [2.45, 2.75) is 25.9 Å². The molecule has 2 rings (SSSR count). The molecular weight excluding hydrogens is 248 g/mol. The van der Waals surface area contributed by atoms with Crippen molar-refractivity contribution in [2.24, 2.45) is 0 Å².